The largest absolute Gasteiger partial charge is 0.206 e. The van der Waals surface area contributed by atoms with Crippen molar-refractivity contribution in [1.82, 2.24) is 0 Å². The van der Waals surface area contributed by atoms with Crippen LogP contribution in [0.5, 0.6) is 0 Å². The molecule has 0 bridgehead atoms. The van der Waals surface area contributed by atoms with Gasteiger partial charge in [0.15, 0.2) is 0 Å². The van der Waals surface area contributed by atoms with Crippen molar-refractivity contribution in [1.29, 1.82) is 0 Å². The summed E-state index contributed by atoms with van der Waals surface area (Å²) >= 11 is 0. The molecule has 0 amide bonds. The Hall–Kier alpha value is -0.850. The molecule has 0 fully saturated rings. The predicted octanol–water partition coefficient (Wildman–Crippen LogP) is 3.82. The van der Waals surface area contributed by atoms with Gasteiger partial charge in [-0.05, 0) is 29.9 Å². The Morgan fingerprint density at radius 2 is 1.92 bits per heavy atom. The monoisotopic (exact) mass is 180 g/mol. The summed E-state index contributed by atoms with van der Waals surface area (Å²) in [4.78, 5) is 0. The fourth-order valence-electron chi connectivity index (χ4n) is 1.36. The van der Waals surface area contributed by atoms with E-state index in [1.165, 1.54) is 0 Å². The van der Waals surface area contributed by atoms with E-state index in [0.29, 0.717) is 0 Å². The standard InChI is InChI=1S/C12H17F/c1-5-12(3,4)10-8-6-7-9(2)11(10)13/h6-8H,5H2,1-4H3. The van der Waals surface area contributed by atoms with Crippen molar-refractivity contribution in [2.75, 3.05) is 0 Å². The van der Waals surface area contributed by atoms with Gasteiger partial charge in [-0.2, -0.15) is 0 Å². The minimum atomic E-state index is -0.0594. The third-order valence-corrected chi connectivity index (χ3v) is 2.80. The summed E-state index contributed by atoms with van der Waals surface area (Å²) in [6.07, 6.45) is 0.952. The normalized spacial score (nSPS) is 11.8. The maximum Gasteiger partial charge on any atom is 0.129 e. The van der Waals surface area contributed by atoms with Crippen LogP contribution in [0.1, 0.15) is 38.3 Å². The highest BCUT2D eigenvalue weighted by molar-refractivity contribution is 5.30. The minimum Gasteiger partial charge on any atom is -0.206 e. The molecular weight excluding hydrogens is 163 g/mol. The maximum absolute atomic E-state index is 13.7. The van der Waals surface area contributed by atoms with Crippen molar-refractivity contribution in [3.63, 3.8) is 0 Å². The molecule has 0 spiro atoms. The van der Waals surface area contributed by atoms with Gasteiger partial charge in [0.1, 0.15) is 5.82 Å². The molecule has 1 rings (SSSR count). The molecule has 0 radical (unpaired) electrons. The van der Waals surface area contributed by atoms with Gasteiger partial charge in [-0.25, -0.2) is 4.39 Å². The zero-order chi connectivity index (χ0) is 10.1. The van der Waals surface area contributed by atoms with Crippen LogP contribution in [0.3, 0.4) is 0 Å². The van der Waals surface area contributed by atoms with E-state index in [0.717, 1.165) is 17.5 Å². The lowest BCUT2D eigenvalue weighted by molar-refractivity contribution is 0.467. The van der Waals surface area contributed by atoms with Crippen molar-refractivity contribution in [2.24, 2.45) is 0 Å². The summed E-state index contributed by atoms with van der Waals surface area (Å²) < 4.78 is 13.7. The Kier molecular flexibility index (Phi) is 2.74. The first-order valence-electron chi connectivity index (χ1n) is 4.74. The van der Waals surface area contributed by atoms with Crippen LogP contribution in [0.2, 0.25) is 0 Å². The van der Waals surface area contributed by atoms with Crippen LogP contribution >= 0.6 is 0 Å². The Morgan fingerprint density at radius 1 is 1.31 bits per heavy atom. The molecule has 0 aromatic heterocycles. The topological polar surface area (TPSA) is 0 Å². The van der Waals surface area contributed by atoms with Crippen LogP contribution in [-0.2, 0) is 5.41 Å². The SMILES string of the molecule is CCC(C)(C)c1cccc(C)c1F. The van der Waals surface area contributed by atoms with Crippen molar-refractivity contribution >= 4 is 0 Å². The van der Waals surface area contributed by atoms with Gasteiger partial charge in [0.25, 0.3) is 0 Å². The van der Waals surface area contributed by atoms with Crippen LogP contribution in [-0.4, -0.2) is 0 Å². The first kappa shape index (κ1) is 10.2. The molecule has 0 saturated carbocycles. The lowest BCUT2D eigenvalue weighted by atomic mass is 9.81. The van der Waals surface area contributed by atoms with E-state index in [4.69, 9.17) is 0 Å². The summed E-state index contributed by atoms with van der Waals surface area (Å²) in [5, 5.41) is 0. The molecule has 13 heavy (non-hydrogen) atoms. The first-order chi connectivity index (χ1) is 5.99. The molecule has 0 aliphatic carbocycles. The van der Waals surface area contributed by atoms with Gasteiger partial charge in [-0.3, -0.25) is 0 Å². The lowest BCUT2D eigenvalue weighted by Gasteiger charge is -2.24. The second-order valence-corrected chi connectivity index (χ2v) is 4.17. The maximum atomic E-state index is 13.7. The highest BCUT2D eigenvalue weighted by Crippen LogP contribution is 2.29. The van der Waals surface area contributed by atoms with Gasteiger partial charge < -0.3 is 0 Å². The van der Waals surface area contributed by atoms with Crippen LogP contribution in [0.25, 0.3) is 0 Å². The van der Waals surface area contributed by atoms with Gasteiger partial charge >= 0.3 is 0 Å². The molecule has 0 unspecified atom stereocenters. The number of rotatable bonds is 2. The van der Waals surface area contributed by atoms with Gasteiger partial charge in [0.2, 0.25) is 0 Å². The van der Waals surface area contributed by atoms with Gasteiger partial charge in [0.05, 0.1) is 0 Å². The van der Waals surface area contributed by atoms with E-state index in [1.807, 2.05) is 25.1 Å². The molecule has 0 N–H and O–H groups in total. The number of hydrogen-bond acceptors (Lipinski definition) is 0. The molecule has 1 aromatic carbocycles. The van der Waals surface area contributed by atoms with Gasteiger partial charge in [0, 0.05) is 0 Å². The zero-order valence-corrected chi connectivity index (χ0v) is 8.82. The first-order valence-corrected chi connectivity index (χ1v) is 4.74. The average Bonchev–Trinajstić information content (AvgIpc) is 2.09. The number of benzene rings is 1. The number of halogens is 1. The predicted molar refractivity (Wildman–Crippen MR) is 54.5 cm³/mol. The Morgan fingerprint density at radius 3 is 2.46 bits per heavy atom. The quantitative estimate of drug-likeness (QED) is 0.649. The van der Waals surface area contributed by atoms with E-state index in [1.54, 1.807) is 0 Å². The molecule has 1 heteroatoms. The number of hydrogen-bond donors (Lipinski definition) is 0. The second kappa shape index (κ2) is 3.49. The van der Waals surface area contributed by atoms with Crippen LogP contribution in [0.4, 0.5) is 4.39 Å². The van der Waals surface area contributed by atoms with Crippen molar-refractivity contribution in [3.05, 3.63) is 35.1 Å². The lowest BCUT2D eigenvalue weighted by Crippen LogP contribution is -2.17. The molecule has 0 aliphatic heterocycles. The molecule has 0 saturated heterocycles. The highest BCUT2D eigenvalue weighted by Gasteiger charge is 2.22. The molecule has 1 aromatic rings. The van der Waals surface area contributed by atoms with E-state index in [2.05, 4.69) is 20.8 Å². The zero-order valence-electron chi connectivity index (χ0n) is 8.82. The summed E-state index contributed by atoms with van der Waals surface area (Å²) in [7, 11) is 0. The van der Waals surface area contributed by atoms with Crippen LogP contribution < -0.4 is 0 Å². The van der Waals surface area contributed by atoms with Crippen molar-refractivity contribution in [2.45, 2.75) is 39.5 Å². The summed E-state index contributed by atoms with van der Waals surface area (Å²) in [5.41, 5.74) is 1.50. The van der Waals surface area contributed by atoms with Crippen molar-refractivity contribution < 1.29 is 4.39 Å². The van der Waals surface area contributed by atoms with Crippen LogP contribution in [0.15, 0.2) is 18.2 Å². The Labute approximate surface area is 79.8 Å². The summed E-state index contributed by atoms with van der Waals surface area (Å²) in [5.74, 6) is -0.0469. The van der Waals surface area contributed by atoms with E-state index < -0.39 is 0 Å². The third kappa shape index (κ3) is 1.90. The molecule has 72 valence electrons. The third-order valence-electron chi connectivity index (χ3n) is 2.80. The minimum absolute atomic E-state index is 0.0469. The molecule has 0 aliphatic rings. The smallest absolute Gasteiger partial charge is 0.129 e. The number of aryl methyl sites for hydroxylation is 1. The molecule has 0 heterocycles. The van der Waals surface area contributed by atoms with Crippen molar-refractivity contribution in [3.8, 4) is 0 Å². The van der Waals surface area contributed by atoms with E-state index in [9.17, 15) is 4.39 Å². The Bertz CT molecular complexity index is 300. The van der Waals surface area contributed by atoms with Crippen LogP contribution in [0, 0.1) is 12.7 Å². The average molecular weight is 180 g/mol. The molecule has 0 atom stereocenters. The van der Waals surface area contributed by atoms with E-state index >= 15 is 0 Å². The highest BCUT2D eigenvalue weighted by atomic mass is 19.1. The second-order valence-electron chi connectivity index (χ2n) is 4.17. The summed E-state index contributed by atoms with van der Waals surface area (Å²) in [6.45, 7) is 8.04. The van der Waals surface area contributed by atoms with E-state index in [-0.39, 0.29) is 11.2 Å². The fourth-order valence-corrected chi connectivity index (χ4v) is 1.36. The fraction of sp³-hybridized carbons (Fsp3) is 0.500. The molecule has 0 nitrogen and oxygen atoms in total. The molecular formula is C12H17F. The van der Waals surface area contributed by atoms with Gasteiger partial charge in [-0.1, -0.05) is 39.0 Å². The Balaban J connectivity index is 3.22. The van der Waals surface area contributed by atoms with Gasteiger partial charge in [-0.15, -0.1) is 0 Å². The summed E-state index contributed by atoms with van der Waals surface area (Å²) in [6, 6.07) is 5.61.